The molecule has 8 nitrogen and oxygen atoms in total. The monoisotopic (exact) mass is 419 g/mol. The summed E-state index contributed by atoms with van der Waals surface area (Å²) >= 11 is 6.14. The number of carbonyl (C=O) groups excluding carboxylic acids is 2. The summed E-state index contributed by atoms with van der Waals surface area (Å²) < 4.78 is 45.3. The minimum atomic E-state index is -4.69. The molecule has 1 fully saturated rings. The van der Waals surface area contributed by atoms with Gasteiger partial charge in [0.2, 0.25) is 0 Å². The standard InChI is InChI=1S/C16H17ClF3N5O3/c1-3-28-15(27)24-6-4-23(5-7-24)14(26)12-11(17)13-21-9(2)8-10(16(18,19)20)25(13)22-12/h8H,3-7H2,1-2H3. The molecule has 2 amide bonds. The summed E-state index contributed by atoms with van der Waals surface area (Å²) in [5.74, 6) is -0.621. The quantitative estimate of drug-likeness (QED) is 0.747. The van der Waals surface area contributed by atoms with Crippen molar-refractivity contribution >= 4 is 29.2 Å². The van der Waals surface area contributed by atoms with Gasteiger partial charge >= 0.3 is 12.3 Å². The largest absolute Gasteiger partial charge is 0.450 e. The van der Waals surface area contributed by atoms with Gasteiger partial charge in [-0.05, 0) is 19.9 Å². The molecule has 1 saturated heterocycles. The van der Waals surface area contributed by atoms with E-state index in [1.807, 2.05) is 0 Å². The van der Waals surface area contributed by atoms with Gasteiger partial charge < -0.3 is 14.5 Å². The fourth-order valence-electron chi connectivity index (χ4n) is 2.91. The summed E-state index contributed by atoms with van der Waals surface area (Å²) in [6.07, 6.45) is -5.16. The zero-order chi connectivity index (χ0) is 20.6. The number of hydrogen-bond acceptors (Lipinski definition) is 5. The highest BCUT2D eigenvalue weighted by Crippen LogP contribution is 2.32. The Balaban J connectivity index is 1.87. The average Bonchev–Trinajstić information content (AvgIpc) is 2.96. The summed E-state index contributed by atoms with van der Waals surface area (Å²) in [7, 11) is 0. The molecule has 12 heteroatoms. The molecule has 1 aliphatic rings. The van der Waals surface area contributed by atoms with Crippen LogP contribution in [0.4, 0.5) is 18.0 Å². The van der Waals surface area contributed by atoms with Gasteiger partial charge in [0.25, 0.3) is 5.91 Å². The van der Waals surface area contributed by atoms with Crippen LogP contribution in [0, 0.1) is 6.92 Å². The van der Waals surface area contributed by atoms with Crippen molar-refractivity contribution in [3.05, 3.63) is 28.2 Å². The minimum Gasteiger partial charge on any atom is -0.450 e. The fourth-order valence-corrected chi connectivity index (χ4v) is 3.15. The van der Waals surface area contributed by atoms with Gasteiger partial charge in [-0.15, -0.1) is 0 Å². The molecule has 1 aliphatic heterocycles. The molecule has 0 aliphatic carbocycles. The van der Waals surface area contributed by atoms with Crippen molar-refractivity contribution < 1.29 is 27.5 Å². The number of aromatic nitrogens is 3. The second kappa shape index (κ2) is 7.46. The van der Waals surface area contributed by atoms with E-state index in [9.17, 15) is 22.8 Å². The molecule has 152 valence electrons. The van der Waals surface area contributed by atoms with E-state index in [0.29, 0.717) is 4.52 Å². The molecule has 0 atom stereocenters. The van der Waals surface area contributed by atoms with E-state index in [0.717, 1.165) is 6.07 Å². The molecule has 3 rings (SSSR count). The lowest BCUT2D eigenvalue weighted by atomic mass is 10.3. The number of hydrogen-bond donors (Lipinski definition) is 0. The van der Waals surface area contributed by atoms with Crippen molar-refractivity contribution in [2.24, 2.45) is 0 Å². The number of rotatable bonds is 2. The van der Waals surface area contributed by atoms with E-state index in [1.165, 1.54) is 16.7 Å². The number of halogens is 4. The molecule has 2 aromatic heterocycles. The highest BCUT2D eigenvalue weighted by molar-refractivity contribution is 6.36. The number of ether oxygens (including phenoxy) is 1. The highest BCUT2D eigenvalue weighted by atomic mass is 35.5. The third-order valence-corrected chi connectivity index (χ3v) is 4.59. The molecule has 3 heterocycles. The molecule has 0 radical (unpaired) electrons. The maximum Gasteiger partial charge on any atom is 0.433 e. The van der Waals surface area contributed by atoms with Crippen LogP contribution < -0.4 is 0 Å². The van der Waals surface area contributed by atoms with Crippen LogP contribution in [-0.4, -0.2) is 69.2 Å². The Hall–Kier alpha value is -2.56. The zero-order valence-electron chi connectivity index (χ0n) is 15.1. The van der Waals surface area contributed by atoms with E-state index < -0.39 is 23.9 Å². The van der Waals surface area contributed by atoms with E-state index in [-0.39, 0.29) is 54.8 Å². The molecule has 0 aromatic carbocycles. The van der Waals surface area contributed by atoms with Gasteiger partial charge in [-0.25, -0.2) is 14.3 Å². The smallest absolute Gasteiger partial charge is 0.433 e. The number of carbonyl (C=O) groups is 2. The van der Waals surface area contributed by atoms with Crippen LogP contribution in [0.15, 0.2) is 6.07 Å². The number of amides is 2. The first-order valence-corrected chi connectivity index (χ1v) is 8.85. The van der Waals surface area contributed by atoms with Gasteiger partial charge in [-0.2, -0.15) is 18.3 Å². The van der Waals surface area contributed by atoms with E-state index in [2.05, 4.69) is 10.1 Å². The van der Waals surface area contributed by atoms with Gasteiger partial charge in [0.15, 0.2) is 11.3 Å². The molecule has 0 unspecified atom stereocenters. The van der Waals surface area contributed by atoms with Crippen molar-refractivity contribution in [3.63, 3.8) is 0 Å². The lowest BCUT2D eigenvalue weighted by molar-refractivity contribution is -0.142. The Kier molecular flexibility index (Phi) is 5.37. The summed E-state index contributed by atoms with van der Waals surface area (Å²) in [5, 5.41) is 3.54. The van der Waals surface area contributed by atoms with Crippen molar-refractivity contribution in [3.8, 4) is 0 Å². The summed E-state index contributed by atoms with van der Waals surface area (Å²) in [6, 6.07) is 0.836. The van der Waals surface area contributed by atoms with Crippen LogP contribution in [0.1, 0.15) is 28.8 Å². The van der Waals surface area contributed by atoms with Crippen molar-refractivity contribution in [1.29, 1.82) is 0 Å². The average molecular weight is 420 g/mol. The van der Waals surface area contributed by atoms with Gasteiger partial charge in [0.05, 0.1) is 6.61 Å². The number of aryl methyl sites for hydroxylation is 1. The Bertz CT molecular complexity index is 922. The molecule has 0 saturated carbocycles. The molecule has 0 spiro atoms. The molecular formula is C16H17ClF3N5O3. The van der Waals surface area contributed by atoms with Crippen LogP contribution in [0.2, 0.25) is 5.02 Å². The van der Waals surface area contributed by atoms with Crippen molar-refractivity contribution in [2.75, 3.05) is 32.8 Å². The summed E-state index contributed by atoms with van der Waals surface area (Å²) in [5.41, 5.74) is -1.51. The molecule has 28 heavy (non-hydrogen) atoms. The van der Waals surface area contributed by atoms with Crippen LogP contribution in [-0.2, 0) is 10.9 Å². The van der Waals surface area contributed by atoms with Crippen molar-refractivity contribution in [1.82, 2.24) is 24.4 Å². The first kappa shape index (κ1) is 20.2. The Morgan fingerprint density at radius 2 is 1.82 bits per heavy atom. The van der Waals surface area contributed by atoms with Crippen LogP contribution in [0.3, 0.4) is 0 Å². The third-order valence-electron chi connectivity index (χ3n) is 4.25. The second-order valence-corrected chi connectivity index (χ2v) is 6.53. The first-order chi connectivity index (χ1) is 13.1. The summed E-state index contributed by atoms with van der Waals surface area (Å²) in [6.45, 7) is 4.16. The Labute approximate surface area is 162 Å². The lowest BCUT2D eigenvalue weighted by Crippen LogP contribution is -2.50. The number of nitrogens with zero attached hydrogens (tertiary/aromatic N) is 5. The zero-order valence-corrected chi connectivity index (χ0v) is 15.8. The third kappa shape index (κ3) is 3.71. The van der Waals surface area contributed by atoms with Gasteiger partial charge in [0.1, 0.15) is 10.7 Å². The Morgan fingerprint density at radius 3 is 2.39 bits per heavy atom. The number of piperazine rings is 1. The molecular weight excluding hydrogens is 403 g/mol. The van der Waals surface area contributed by atoms with E-state index in [4.69, 9.17) is 16.3 Å². The highest BCUT2D eigenvalue weighted by Gasteiger charge is 2.37. The molecule has 2 aromatic rings. The summed E-state index contributed by atoms with van der Waals surface area (Å²) in [4.78, 5) is 31.3. The minimum absolute atomic E-state index is 0.101. The SMILES string of the molecule is CCOC(=O)N1CCN(C(=O)c2nn3c(C(F)(F)F)cc(C)nc3c2Cl)CC1. The van der Waals surface area contributed by atoms with Crippen LogP contribution >= 0.6 is 11.6 Å². The van der Waals surface area contributed by atoms with Crippen molar-refractivity contribution in [2.45, 2.75) is 20.0 Å². The first-order valence-electron chi connectivity index (χ1n) is 8.47. The van der Waals surface area contributed by atoms with E-state index >= 15 is 0 Å². The molecule has 0 N–H and O–H groups in total. The lowest BCUT2D eigenvalue weighted by Gasteiger charge is -2.33. The fraction of sp³-hybridized carbons (Fsp3) is 0.500. The van der Waals surface area contributed by atoms with Crippen LogP contribution in [0.25, 0.3) is 5.65 Å². The normalized spacial score (nSPS) is 15.2. The van der Waals surface area contributed by atoms with Gasteiger partial charge in [0, 0.05) is 31.9 Å². The van der Waals surface area contributed by atoms with Gasteiger partial charge in [-0.3, -0.25) is 4.79 Å². The number of fused-ring (bicyclic) bond motifs is 1. The Morgan fingerprint density at radius 1 is 1.21 bits per heavy atom. The van der Waals surface area contributed by atoms with Crippen LogP contribution in [0.5, 0.6) is 0 Å². The topological polar surface area (TPSA) is 80.0 Å². The van der Waals surface area contributed by atoms with Gasteiger partial charge in [-0.1, -0.05) is 11.6 Å². The van der Waals surface area contributed by atoms with E-state index in [1.54, 1.807) is 6.92 Å². The maximum absolute atomic E-state index is 13.3. The predicted molar refractivity (Wildman–Crippen MR) is 92.2 cm³/mol. The maximum atomic E-state index is 13.3. The molecule has 0 bridgehead atoms. The number of alkyl halides is 3. The predicted octanol–water partition coefficient (Wildman–Crippen LogP) is 2.62. The second-order valence-electron chi connectivity index (χ2n) is 6.16.